The van der Waals surface area contributed by atoms with E-state index in [0.717, 1.165) is 5.57 Å². The van der Waals surface area contributed by atoms with E-state index >= 15 is 0 Å². The molecule has 0 spiro atoms. The van der Waals surface area contributed by atoms with Crippen LogP contribution in [0.4, 0.5) is 0 Å². The fraction of sp³-hybridized carbons (Fsp3) is 0.143. The fourth-order valence-corrected chi connectivity index (χ4v) is 0.891. The first-order valence-corrected chi connectivity index (χ1v) is 2.94. The van der Waals surface area contributed by atoms with Crippen LogP contribution in [0.5, 0.6) is 0 Å². The molecule has 0 aromatic heterocycles. The summed E-state index contributed by atoms with van der Waals surface area (Å²) in [5.74, 6) is 0. The van der Waals surface area contributed by atoms with Crippen LogP contribution in [0.1, 0.15) is 6.92 Å². The van der Waals surface area contributed by atoms with E-state index in [9.17, 15) is 0 Å². The molecule has 0 unspecified atom stereocenters. The average molecular weight is 127 g/mol. The van der Waals surface area contributed by atoms with Gasteiger partial charge in [0.05, 0.1) is 0 Å². The Bertz CT molecular complexity index is 173. The lowest BCUT2D eigenvalue weighted by Crippen LogP contribution is -1.70. The molecule has 1 aliphatic carbocycles. The van der Waals surface area contributed by atoms with E-state index in [1.807, 2.05) is 25.2 Å². The lowest BCUT2D eigenvalue weighted by atomic mass is 10.2. The van der Waals surface area contributed by atoms with Gasteiger partial charge in [-0.2, -0.15) is 0 Å². The van der Waals surface area contributed by atoms with Gasteiger partial charge in [-0.25, -0.2) is 0 Å². The monoisotopic (exact) mass is 126 g/mol. The Hall–Kier alpha value is -0.490. The van der Waals surface area contributed by atoms with Gasteiger partial charge in [-0.15, -0.1) is 0 Å². The summed E-state index contributed by atoms with van der Waals surface area (Å²) in [6.45, 7) is 2.04. The smallest absolute Gasteiger partial charge is 0.0118 e. The molecule has 42 valence electrons. The zero-order chi connectivity index (χ0) is 5.98. The highest BCUT2D eigenvalue weighted by Crippen LogP contribution is 2.17. The first-order valence-electron chi connectivity index (χ1n) is 2.50. The molecule has 0 saturated carbocycles. The van der Waals surface area contributed by atoms with Gasteiger partial charge >= 0.3 is 0 Å². The van der Waals surface area contributed by atoms with Gasteiger partial charge in [0.15, 0.2) is 0 Å². The van der Waals surface area contributed by atoms with Crippen molar-refractivity contribution in [1.82, 2.24) is 0 Å². The van der Waals surface area contributed by atoms with Gasteiger partial charge < -0.3 is 0 Å². The average Bonchev–Trinajstić information content (AvgIpc) is 2.14. The van der Waals surface area contributed by atoms with E-state index in [2.05, 4.69) is 0 Å². The van der Waals surface area contributed by atoms with Crippen molar-refractivity contribution in [1.29, 1.82) is 0 Å². The summed E-state index contributed by atoms with van der Waals surface area (Å²) in [5.41, 5.74) is 3.95. The standard InChI is InChI=1S/C7H7Cl/c1-6-3-2-4-7(6)5-8/h2-5H,1H3. The third-order valence-electron chi connectivity index (χ3n) is 1.19. The van der Waals surface area contributed by atoms with E-state index < -0.39 is 0 Å². The zero-order valence-electron chi connectivity index (χ0n) is 4.69. The summed E-state index contributed by atoms with van der Waals surface area (Å²) in [4.78, 5) is 0. The van der Waals surface area contributed by atoms with Crippen molar-refractivity contribution in [3.05, 3.63) is 34.9 Å². The fourth-order valence-electron chi connectivity index (χ4n) is 0.646. The number of halogens is 1. The normalized spacial score (nSPS) is 22.2. The van der Waals surface area contributed by atoms with E-state index in [4.69, 9.17) is 11.6 Å². The Balaban J connectivity index is 2.88. The second-order valence-corrected chi connectivity index (χ2v) is 1.99. The van der Waals surface area contributed by atoms with Crippen molar-refractivity contribution in [2.75, 3.05) is 0 Å². The summed E-state index contributed by atoms with van der Waals surface area (Å²) in [7, 11) is 0. The molecule has 0 nitrogen and oxygen atoms in total. The number of hydrogen-bond acceptors (Lipinski definition) is 0. The molecule has 0 heterocycles. The van der Waals surface area contributed by atoms with Crippen LogP contribution in [0.3, 0.4) is 0 Å². The zero-order valence-corrected chi connectivity index (χ0v) is 5.44. The molecule has 0 aromatic rings. The number of rotatable bonds is 0. The van der Waals surface area contributed by atoms with Crippen LogP contribution in [0.25, 0.3) is 0 Å². The highest BCUT2D eigenvalue weighted by atomic mass is 35.5. The minimum absolute atomic E-state index is 1.12. The van der Waals surface area contributed by atoms with Crippen LogP contribution in [0.15, 0.2) is 34.9 Å². The van der Waals surface area contributed by atoms with Gasteiger partial charge in [-0.3, -0.25) is 0 Å². The largest absolute Gasteiger partial charge is 0.0923 e. The van der Waals surface area contributed by atoms with Crippen LogP contribution < -0.4 is 0 Å². The van der Waals surface area contributed by atoms with Crippen molar-refractivity contribution in [3.8, 4) is 0 Å². The molecule has 0 radical (unpaired) electrons. The summed E-state index contributed by atoms with van der Waals surface area (Å²) in [5, 5.41) is 0. The van der Waals surface area contributed by atoms with Crippen molar-refractivity contribution >= 4 is 11.6 Å². The molecule has 8 heavy (non-hydrogen) atoms. The molecule has 0 saturated heterocycles. The Morgan fingerprint density at radius 1 is 1.62 bits per heavy atom. The molecular formula is C7H7Cl. The minimum atomic E-state index is 1.12. The molecular weight excluding hydrogens is 120 g/mol. The van der Waals surface area contributed by atoms with Crippen molar-refractivity contribution in [3.63, 3.8) is 0 Å². The topological polar surface area (TPSA) is 0 Å². The minimum Gasteiger partial charge on any atom is -0.0923 e. The van der Waals surface area contributed by atoms with Crippen LogP contribution in [0.2, 0.25) is 0 Å². The number of hydrogen-bond donors (Lipinski definition) is 0. The van der Waals surface area contributed by atoms with Crippen molar-refractivity contribution in [2.45, 2.75) is 6.92 Å². The molecule has 0 amide bonds. The first kappa shape index (κ1) is 5.64. The molecule has 0 aliphatic heterocycles. The third kappa shape index (κ3) is 0.846. The molecule has 1 rings (SSSR count). The Kier molecular flexibility index (Phi) is 1.54. The van der Waals surface area contributed by atoms with Crippen molar-refractivity contribution in [2.24, 2.45) is 0 Å². The molecule has 0 N–H and O–H groups in total. The molecule has 0 fully saturated rings. The predicted octanol–water partition coefficient (Wildman–Crippen LogP) is 2.63. The van der Waals surface area contributed by atoms with Gasteiger partial charge in [0, 0.05) is 5.54 Å². The van der Waals surface area contributed by atoms with Crippen LogP contribution in [-0.4, -0.2) is 0 Å². The van der Waals surface area contributed by atoms with E-state index in [1.54, 1.807) is 5.54 Å². The third-order valence-corrected chi connectivity index (χ3v) is 1.43. The maximum absolute atomic E-state index is 5.45. The highest BCUT2D eigenvalue weighted by Gasteiger charge is 1.96. The number of allylic oxidation sites excluding steroid dienone is 5. The maximum atomic E-state index is 5.45. The summed E-state index contributed by atoms with van der Waals surface area (Å²) < 4.78 is 0. The first-order chi connectivity index (χ1) is 3.84. The lowest BCUT2D eigenvalue weighted by molar-refractivity contribution is 1.49. The van der Waals surface area contributed by atoms with E-state index in [1.165, 1.54) is 5.57 Å². The SMILES string of the molecule is CC1=CC=CC1=CCl. The lowest BCUT2D eigenvalue weighted by Gasteiger charge is -1.89. The predicted molar refractivity (Wildman–Crippen MR) is 36.8 cm³/mol. The summed E-state index contributed by atoms with van der Waals surface area (Å²) in [6, 6.07) is 0. The van der Waals surface area contributed by atoms with Crippen LogP contribution >= 0.6 is 11.6 Å². The van der Waals surface area contributed by atoms with Gasteiger partial charge in [0.2, 0.25) is 0 Å². The van der Waals surface area contributed by atoms with Gasteiger partial charge in [-0.05, 0) is 18.1 Å². The van der Waals surface area contributed by atoms with E-state index in [-0.39, 0.29) is 0 Å². The Morgan fingerprint density at radius 2 is 2.38 bits per heavy atom. The second-order valence-electron chi connectivity index (χ2n) is 1.77. The highest BCUT2D eigenvalue weighted by molar-refractivity contribution is 6.26. The summed E-state index contributed by atoms with van der Waals surface area (Å²) >= 11 is 5.45. The molecule has 0 atom stereocenters. The van der Waals surface area contributed by atoms with Crippen LogP contribution in [0, 0.1) is 0 Å². The van der Waals surface area contributed by atoms with Crippen LogP contribution in [-0.2, 0) is 0 Å². The molecule has 1 heteroatoms. The molecule has 0 bridgehead atoms. The van der Waals surface area contributed by atoms with E-state index in [0.29, 0.717) is 0 Å². The Labute approximate surface area is 54.2 Å². The molecule has 1 aliphatic rings. The Morgan fingerprint density at radius 3 is 2.62 bits per heavy atom. The van der Waals surface area contributed by atoms with Gasteiger partial charge in [0.25, 0.3) is 0 Å². The molecule has 0 aromatic carbocycles. The van der Waals surface area contributed by atoms with Gasteiger partial charge in [0.1, 0.15) is 0 Å². The maximum Gasteiger partial charge on any atom is 0.0118 e. The van der Waals surface area contributed by atoms with Gasteiger partial charge in [-0.1, -0.05) is 29.8 Å². The quantitative estimate of drug-likeness (QED) is 0.468. The second kappa shape index (κ2) is 2.19. The summed E-state index contributed by atoms with van der Waals surface area (Å²) in [6.07, 6.45) is 6.01. The van der Waals surface area contributed by atoms with Crippen molar-refractivity contribution < 1.29 is 0 Å².